The number of alkyl carbamates (subject to hydrolysis) is 1. The minimum Gasteiger partial charge on any atom is -0.487 e. The van der Waals surface area contributed by atoms with E-state index in [-0.39, 0.29) is 13.2 Å². The molecular formula is C28H28N4O5. The number of rotatable bonds is 9. The van der Waals surface area contributed by atoms with E-state index in [1.165, 1.54) is 28.8 Å². The summed E-state index contributed by atoms with van der Waals surface area (Å²) < 4.78 is 12.6. The highest BCUT2D eigenvalue weighted by Gasteiger charge is 2.22. The summed E-state index contributed by atoms with van der Waals surface area (Å²) in [4.78, 5) is 28.7. The zero-order valence-electron chi connectivity index (χ0n) is 20.3. The molecule has 2 N–H and O–H groups in total. The fourth-order valence-electron chi connectivity index (χ4n) is 4.38. The van der Waals surface area contributed by atoms with Crippen molar-refractivity contribution in [3.8, 4) is 5.75 Å². The van der Waals surface area contributed by atoms with Crippen molar-refractivity contribution in [3.63, 3.8) is 0 Å². The summed E-state index contributed by atoms with van der Waals surface area (Å²) in [6.45, 7) is 0.358. The molecule has 0 saturated heterocycles. The number of carbonyl (C=O) groups excluding carboxylic acids is 1. The highest BCUT2D eigenvalue weighted by atomic mass is 16.5. The molecule has 9 heteroatoms. The van der Waals surface area contributed by atoms with Gasteiger partial charge in [0.05, 0.1) is 17.8 Å². The molecule has 1 aliphatic carbocycles. The summed E-state index contributed by atoms with van der Waals surface area (Å²) in [6, 6.07) is 17.6. The van der Waals surface area contributed by atoms with E-state index in [1.807, 2.05) is 54.6 Å². The van der Waals surface area contributed by atoms with Gasteiger partial charge in [0.2, 0.25) is 0 Å². The van der Waals surface area contributed by atoms with Crippen LogP contribution in [-0.4, -0.2) is 38.0 Å². The average Bonchev–Trinajstić information content (AvgIpc) is 3.32. The molecule has 1 atom stereocenters. The largest absolute Gasteiger partial charge is 0.487 e. The summed E-state index contributed by atoms with van der Waals surface area (Å²) >= 11 is 0. The van der Waals surface area contributed by atoms with Crippen LogP contribution in [0.2, 0.25) is 0 Å². The van der Waals surface area contributed by atoms with Gasteiger partial charge in [0, 0.05) is 17.3 Å². The second-order valence-electron chi connectivity index (χ2n) is 9.07. The maximum absolute atomic E-state index is 12.2. The number of amides is 1. The van der Waals surface area contributed by atoms with E-state index in [9.17, 15) is 14.7 Å². The number of aromatic nitrogens is 3. The Morgan fingerprint density at radius 3 is 2.70 bits per heavy atom. The molecule has 4 aromatic rings. The summed E-state index contributed by atoms with van der Waals surface area (Å²) in [7, 11) is 0. The Bertz CT molecular complexity index is 1400. The SMILES string of the molecule is O=C(N[C@@H](Cn1cc2cc(OCc3ccc4c(n3)CCCC4)ccc2n1)C(=O)O)OCc1ccccc1. The minimum atomic E-state index is -1.21. The number of hydrogen-bond acceptors (Lipinski definition) is 6. The predicted molar refractivity (Wildman–Crippen MR) is 136 cm³/mol. The number of aliphatic carboxylic acids is 1. The van der Waals surface area contributed by atoms with Crippen LogP contribution < -0.4 is 10.1 Å². The maximum atomic E-state index is 12.2. The highest BCUT2D eigenvalue weighted by Crippen LogP contribution is 2.23. The quantitative estimate of drug-likeness (QED) is 0.353. The van der Waals surface area contributed by atoms with Crippen molar-refractivity contribution in [2.75, 3.05) is 0 Å². The average molecular weight is 501 g/mol. The van der Waals surface area contributed by atoms with Crippen molar-refractivity contribution >= 4 is 23.0 Å². The third-order valence-electron chi connectivity index (χ3n) is 6.32. The van der Waals surface area contributed by atoms with E-state index in [2.05, 4.69) is 16.5 Å². The van der Waals surface area contributed by atoms with Gasteiger partial charge in [-0.2, -0.15) is 5.10 Å². The standard InChI is InChI=1S/C28H28N4O5/c33-27(34)26(30-28(35)37-17-19-6-2-1-3-7-19)16-32-15-21-14-23(12-13-25(21)31-32)36-18-22-11-10-20-8-4-5-9-24(20)29-22/h1-3,6-7,10-15,26H,4-5,8-9,16-18H2,(H,30,35)(H,33,34)/t26-/m0/s1. The molecule has 1 amide bonds. The van der Waals surface area contributed by atoms with Gasteiger partial charge in [-0.15, -0.1) is 0 Å². The lowest BCUT2D eigenvalue weighted by molar-refractivity contribution is -0.139. The molecule has 0 aliphatic heterocycles. The Morgan fingerprint density at radius 1 is 1.03 bits per heavy atom. The smallest absolute Gasteiger partial charge is 0.408 e. The number of nitrogens with one attached hydrogen (secondary N) is 1. The van der Waals surface area contributed by atoms with Crippen LogP contribution in [0.5, 0.6) is 5.75 Å². The number of fused-ring (bicyclic) bond motifs is 2. The molecule has 190 valence electrons. The van der Waals surface area contributed by atoms with Crippen LogP contribution in [0.4, 0.5) is 4.79 Å². The number of carbonyl (C=O) groups is 2. The van der Waals surface area contributed by atoms with Gasteiger partial charge in [0.15, 0.2) is 0 Å². The third-order valence-corrected chi connectivity index (χ3v) is 6.32. The van der Waals surface area contributed by atoms with Crippen LogP contribution in [0.25, 0.3) is 10.9 Å². The number of hydrogen-bond donors (Lipinski definition) is 2. The van der Waals surface area contributed by atoms with Gasteiger partial charge in [-0.3, -0.25) is 9.67 Å². The number of carboxylic acid groups (broad SMARTS) is 1. The van der Waals surface area contributed by atoms with E-state index < -0.39 is 18.1 Å². The van der Waals surface area contributed by atoms with E-state index in [1.54, 1.807) is 6.20 Å². The molecule has 0 unspecified atom stereocenters. The topological polar surface area (TPSA) is 116 Å². The molecule has 0 spiro atoms. The van der Waals surface area contributed by atoms with Crippen molar-refractivity contribution in [1.82, 2.24) is 20.1 Å². The van der Waals surface area contributed by atoms with E-state index in [0.29, 0.717) is 17.9 Å². The van der Waals surface area contributed by atoms with Crippen LogP contribution in [0.3, 0.4) is 0 Å². The van der Waals surface area contributed by atoms with Crippen LogP contribution in [0.15, 0.2) is 66.9 Å². The van der Waals surface area contributed by atoms with Crippen LogP contribution in [0.1, 0.15) is 35.4 Å². The molecule has 0 bridgehead atoms. The van der Waals surface area contributed by atoms with Crippen molar-refractivity contribution in [2.24, 2.45) is 0 Å². The molecule has 2 aromatic carbocycles. The second kappa shape index (κ2) is 11.1. The fourth-order valence-corrected chi connectivity index (χ4v) is 4.38. The van der Waals surface area contributed by atoms with E-state index >= 15 is 0 Å². The molecule has 0 radical (unpaired) electrons. The number of pyridine rings is 1. The minimum absolute atomic E-state index is 0.0500. The van der Waals surface area contributed by atoms with Gasteiger partial charge in [-0.05, 0) is 61.1 Å². The second-order valence-corrected chi connectivity index (χ2v) is 9.07. The summed E-state index contributed by atoms with van der Waals surface area (Å²) in [5.74, 6) is -0.512. The number of benzene rings is 2. The summed E-state index contributed by atoms with van der Waals surface area (Å²) in [6.07, 6.45) is 5.44. The molecule has 9 nitrogen and oxygen atoms in total. The Hall–Kier alpha value is -4.40. The zero-order chi connectivity index (χ0) is 25.6. The van der Waals surface area contributed by atoms with E-state index in [4.69, 9.17) is 14.5 Å². The number of aryl methyl sites for hydroxylation is 2. The number of ether oxygens (including phenoxy) is 2. The highest BCUT2D eigenvalue weighted by molar-refractivity contribution is 5.81. The first-order valence-corrected chi connectivity index (χ1v) is 12.3. The molecule has 5 rings (SSSR count). The Morgan fingerprint density at radius 2 is 1.86 bits per heavy atom. The zero-order valence-corrected chi connectivity index (χ0v) is 20.3. The van der Waals surface area contributed by atoms with Gasteiger partial charge in [0.1, 0.15) is 25.0 Å². The first-order chi connectivity index (χ1) is 18.0. The summed E-state index contributed by atoms with van der Waals surface area (Å²) in [5, 5.41) is 17.2. The molecule has 2 heterocycles. The van der Waals surface area contributed by atoms with Gasteiger partial charge < -0.3 is 19.9 Å². The van der Waals surface area contributed by atoms with Crippen molar-refractivity contribution in [1.29, 1.82) is 0 Å². The lowest BCUT2D eigenvalue weighted by Crippen LogP contribution is -2.44. The van der Waals surface area contributed by atoms with Gasteiger partial charge >= 0.3 is 12.1 Å². The Labute approximate surface area is 214 Å². The van der Waals surface area contributed by atoms with E-state index in [0.717, 1.165) is 29.5 Å². The molecule has 2 aromatic heterocycles. The molecule has 0 fully saturated rings. The molecule has 37 heavy (non-hydrogen) atoms. The van der Waals surface area contributed by atoms with Gasteiger partial charge in [-0.1, -0.05) is 36.4 Å². The molecule has 1 aliphatic rings. The normalized spacial score (nSPS) is 13.5. The summed E-state index contributed by atoms with van der Waals surface area (Å²) in [5.41, 5.74) is 4.90. The van der Waals surface area contributed by atoms with Gasteiger partial charge in [-0.25, -0.2) is 9.59 Å². The van der Waals surface area contributed by atoms with Crippen LogP contribution in [0, 0.1) is 0 Å². The number of nitrogens with zero attached hydrogens (tertiary/aromatic N) is 3. The fraction of sp³-hybridized carbons (Fsp3) is 0.286. The van der Waals surface area contributed by atoms with Crippen molar-refractivity contribution < 1.29 is 24.2 Å². The van der Waals surface area contributed by atoms with Crippen molar-refractivity contribution in [3.05, 3.63) is 89.4 Å². The maximum Gasteiger partial charge on any atom is 0.408 e. The number of carboxylic acids is 1. The lowest BCUT2D eigenvalue weighted by Gasteiger charge is -2.15. The van der Waals surface area contributed by atoms with Crippen LogP contribution in [-0.2, 0) is 42.1 Å². The first-order valence-electron chi connectivity index (χ1n) is 12.3. The third kappa shape index (κ3) is 6.24. The van der Waals surface area contributed by atoms with Crippen molar-refractivity contribution in [2.45, 2.75) is 51.5 Å². The molecular weight excluding hydrogens is 472 g/mol. The van der Waals surface area contributed by atoms with Gasteiger partial charge in [0.25, 0.3) is 0 Å². The van der Waals surface area contributed by atoms with Crippen LogP contribution >= 0.6 is 0 Å². The Kier molecular flexibility index (Phi) is 7.30. The monoisotopic (exact) mass is 500 g/mol. The first kappa shape index (κ1) is 24.3. The lowest BCUT2D eigenvalue weighted by atomic mass is 9.96. The predicted octanol–water partition coefficient (Wildman–Crippen LogP) is 4.27. The Balaban J connectivity index is 1.19. The molecule has 0 saturated carbocycles.